The molecular weight excluding hydrogens is 431 g/mol. The molecule has 1 aliphatic rings. The summed E-state index contributed by atoms with van der Waals surface area (Å²) in [6.45, 7) is 5.82. The Morgan fingerprint density at radius 3 is 2.71 bits per heavy atom. The molecule has 6 heteroatoms. The number of rotatable bonds is 9. The zero-order chi connectivity index (χ0) is 24.1. The van der Waals surface area contributed by atoms with Gasteiger partial charge in [-0.05, 0) is 61.6 Å². The second-order valence-corrected chi connectivity index (χ2v) is 8.90. The molecule has 5 nitrogen and oxygen atoms in total. The van der Waals surface area contributed by atoms with Gasteiger partial charge in [0, 0.05) is 42.6 Å². The SMILES string of the molecule is CCC(CC)C(=O)N(Cc1cc2ccc(F)cc2nc1-c1ccccc1OC)CC1CCCO1. The quantitative estimate of drug-likeness (QED) is 0.390. The summed E-state index contributed by atoms with van der Waals surface area (Å²) in [5, 5.41) is 0.835. The van der Waals surface area contributed by atoms with Crippen molar-refractivity contribution in [2.24, 2.45) is 5.92 Å². The molecule has 1 aromatic heterocycles. The molecule has 1 unspecified atom stereocenters. The summed E-state index contributed by atoms with van der Waals surface area (Å²) < 4.78 is 25.5. The summed E-state index contributed by atoms with van der Waals surface area (Å²) in [6, 6.07) is 14.3. The van der Waals surface area contributed by atoms with Gasteiger partial charge in [-0.15, -0.1) is 0 Å². The molecule has 2 aromatic carbocycles. The van der Waals surface area contributed by atoms with Gasteiger partial charge in [0.1, 0.15) is 11.6 Å². The summed E-state index contributed by atoms with van der Waals surface area (Å²) in [4.78, 5) is 20.3. The number of aromatic nitrogens is 1. The van der Waals surface area contributed by atoms with Gasteiger partial charge in [-0.1, -0.05) is 26.0 Å². The maximum atomic E-state index is 14.0. The summed E-state index contributed by atoms with van der Waals surface area (Å²) in [5.41, 5.74) is 2.99. The molecule has 0 spiro atoms. The minimum absolute atomic E-state index is 0.0291. The van der Waals surface area contributed by atoms with E-state index in [-0.39, 0.29) is 23.7 Å². The van der Waals surface area contributed by atoms with Crippen molar-refractivity contribution in [2.75, 3.05) is 20.3 Å². The van der Waals surface area contributed by atoms with E-state index in [1.807, 2.05) is 35.2 Å². The number of halogens is 1. The predicted molar refractivity (Wildman–Crippen MR) is 132 cm³/mol. The van der Waals surface area contributed by atoms with Crippen LogP contribution in [0.5, 0.6) is 5.75 Å². The van der Waals surface area contributed by atoms with Crippen LogP contribution in [0.15, 0.2) is 48.5 Å². The van der Waals surface area contributed by atoms with Crippen LogP contribution >= 0.6 is 0 Å². The third kappa shape index (κ3) is 5.22. The Morgan fingerprint density at radius 2 is 2.00 bits per heavy atom. The van der Waals surface area contributed by atoms with Gasteiger partial charge in [0.2, 0.25) is 5.91 Å². The molecule has 1 fully saturated rings. The monoisotopic (exact) mass is 464 g/mol. The zero-order valence-electron chi connectivity index (χ0n) is 20.2. The zero-order valence-corrected chi connectivity index (χ0v) is 20.2. The van der Waals surface area contributed by atoms with Crippen molar-refractivity contribution in [2.45, 2.75) is 52.2 Å². The number of ether oxygens (including phenoxy) is 2. The van der Waals surface area contributed by atoms with Crippen LogP contribution in [0.1, 0.15) is 45.1 Å². The average molecular weight is 465 g/mol. The third-order valence-electron chi connectivity index (χ3n) is 6.68. The Morgan fingerprint density at radius 1 is 1.21 bits per heavy atom. The van der Waals surface area contributed by atoms with Crippen LogP contribution < -0.4 is 4.74 Å². The molecule has 0 N–H and O–H groups in total. The van der Waals surface area contributed by atoms with Crippen LogP contribution in [0.25, 0.3) is 22.2 Å². The number of hydrogen-bond donors (Lipinski definition) is 0. The first kappa shape index (κ1) is 24.1. The number of carbonyl (C=O) groups is 1. The second-order valence-electron chi connectivity index (χ2n) is 8.90. The van der Waals surface area contributed by atoms with E-state index in [1.54, 1.807) is 13.2 Å². The van der Waals surface area contributed by atoms with Crippen molar-refractivity contribution in [3.8, 4) is 17.0 Å². The van der Waals surface area contributed by atoms with Crippen molar-refractivity contribution in [1.82, 2.24) is 9.88 Å². The number of amides is 1. The molecule has 1 aliphatic heterocycles. The second kappa shape index (κ2) is 11.0. The number of benzene rings is 2. The van der Waals surface area contributed by atoms with E-state index in [0.29, 0.717) is 30.0 Å². The van der Waals surface area contributed by atoms with E-state index in [0.717, 1.165) is 48.8 Å². The first-order chi connectivity index (χ1) is 16.5. The maximum absolute atomic E-state index is 14.0. The number of pyridine rings is 1. The van der Waals surface area contributed by atoms with E-state index < -0.39 is 0 Å². The van der Waals surface area contributed by atoms with Gasteiger partial charge in [-0.25, -0.2) is 9.37 Å². The van der Waals surface area contributed by atoms with Gasteiger partial charge in [0.15, 0.2) is 0 Å². The molecule has 4 rings (SSSR count). The molecule has 180 valence electrons. The lowest BCUT2D eigenvalue weighted by Crippen LogP contribution is -2.40. The molecule has 3 aromatic rings. The van der Waals surface area contributed by atoms with Crippen molar-refractivity contribution in [3.63, 3.8) is 0 Å². The maximum Gasteiger partial charge on any atom is 0.226 e. The van der Waals surface area contributed by atoms with E-state index in [1.165, 1.54) is 12.1 Å². The molecular formula is C28H33FN2O3. The van der Waals surface area contributed by atoms with Gasteiger partial charge in [0.25, 0.3) is 0 Å². The fraction of sp³-hybridized carbons (Fsp3) is 0.429. The Bertz CT molecular complexity index is 1140. The van der Waals surface area contributed by atoms with E-state index in [4.69, 9.17) is 14.5 Å². The minimum Gasteiger partial charge on any atom is -0.496 e. The average Bonchev–Trinajstić information content (AvgIpc) is 3.37. The van der Waals surface area contributed by atoms with Crippen LogP contribution in [0.4, 0.5) is 4.39 Å². The molecule has 34 heavy (non-hydrogen) atoms. The van der Waals surface area contributed by atoms with Gasteiger partial charge in [-0.3, -0.25) is 4.79 Å². The number of methoxy groups -OCH3 is 1. The number of nitrogens with zero attached hydrogens (tertiary/aromatic N) is 2. The fourth-order valence-corrected chi connectivity index (χ4v) is 4.75. The standard InChI is InChI=1S/C28H33FN2O3/c1-4-19(5-2)28(32)31(18-23-9-8-14-34-23)17-21-15-20-12-13-22(29)16-25(20)30-27(21)24-10-6-7-11-26(24)33-3/h6-7,10-13,15-16,19,23H,4-5,8-9,14,17-18H2,1-3H3. The van der Waals surface area contributed by atoms with E-state index >= 15 is 0 Å². The van der Waals surface area contributed by atoms with Crippen LogP contribution in [0.3, 0.4) is 0 Å². The van der Waals surface area contributed by atoms with Crippen molar-refractivity contribution < 1.29 is 18.7 Å². The number of para-hydroxylation sites is 1. The summed E-state index contributed by atoms with van der Waals surface area (Å²) in [6.07, 6.45) is 3.63. The van der Waals surface area contributed by atoms with Gasteiger partial charge in [-0.2, -0.15) is 0 Å². The minimum atomic E-state index is -0.331. The lowest BCUT2D eigenvalue weighted by molar-refractivity contribution is -0.138. The molecule has 0 bridgehead atoms. The Labute approximate surface area is 200 Å². The van der Waals surface area contributed by atoms with Crippen molar-refractivity contribution >= 4 is 16.8 Å². The molecule has 2 heterocycles. The predicted octanol–water partition coefficient (Wildman–Crippen LogP) is 5.99. The molecule has 0 aliphatic carbocycles. The largest absolute Gasteiger partial charge is 0.496 e. The summed E-state index contributed by atoms with van der Waals surface area (Å²) >= 11 is 0. The Balaban J connectivity index is 1.80. The lowest BCUT2D eigenvalue weighted by atomic mass is 9.99. The fourth-order valence-electron chi connectivity index (χ4n) is 4.75. The van der Waals surface area contributed by atoms with Crippen LogP contribution in [0, 0.1) is 11.7 Å². The van der Waals surface area contributed by atoms with Gasteiger partial charge in [0.05, 0.1) is 24.4 Å². The number of carbonyl (C=O) groups excluding carboxylic acids is 1. The normalized spacial score (nSPS) is 15.7. The van der Waals surface area contributed by atoms with Crippen molar-refractivity contribution in [3.05, 3.63) is 59.9 Å². The smallest absolute Gasteiger partial charge is 0.226 e. The van der Waals surface area contributed by atoms with E-state index in [2.05, 4.69) is 13.8 Å². The number of fused-ring (bicyclic) bond motifs is 1. The highest BCUT2D eigenvalue weighted by Gasteiger charge is 2.28. The first-order valence-corrected chi connectivity index (χ1v) is 12.2. The highest BCUT2D eigenvalue weighted by molar-refractivity contribution is 5.85. The third-order valence-corrected chi connectivity index (χ3v) is 6.68. The lowest BCUT2D eigenvalue weighted by Gasteiger charge is -2.29. The van der Waals surface area contributed by atoms with Gasteiger partial charge < -0.3 is 14.4 Å². The summed E-state index contributed by atoms with van der Waals surface area (Å²) in [7, 11) is 1.62. The molecule has 1 saturated heterocycles. The number of hydrogen-bond acceptors (Lipinski definition) is 4. The highest BCUT2D eigenvalue weighted by Crippen LogP contribution is 2.34. The molecule has 0 radical (unpaired) electrons. The first-order valence-electron chi connectivity index (χ1n) is 12.2. The highest BCUT2D eigenvalue weighted by atomic mass is 19.1. The topological polar surface area (TPSA) is 51.7 Å². The van der Waals surface area contributed by atoms with Crippen LogP contribution in [0.2, 0.25) is 0 Å². The van der Waals surface area contributed by atoms with Gasteiger partial charge >= 0.3 is 0 Å². The Kier molecular flexibility index (Phi) is 7.78. The van der Waals surface area contributed by atoms with Crippen LogP contribution in [-0.4, -0.2) is 42.2 Å². The Hall–Kier alpha value is -2.99. The van der Waals surface area contributed by atoms with E-state index in [9.17, 15) is 9.18 Å². The molecule has 0 saturated carbocycles. The molecule has 1 atom stereocenters. The summed E-state index contributed by atoms with van der Waals surface area (Å²) in [5.74, 6) is 0.468. The molecule has 1 amide bonds. The van der Waals surface area contributed by atoms with Crippen molar-refractivity contribution in [1.29, 1.82) is 0 Å². The van der Waals surface area contributed by atoms with Crippen LogP contribution in [-0.2, 0) is 16.1 Å².